The molecule has 0 amide bonds. The summed E-state index contributed by atoms with van der Waals surface area (Å²) in [6, 6.07) is 9.85. The van der Waals surface area contributed by atoms with E-state index in [1.54, 1.807) is 6.20 Å². The zero-order valence-electron chi connectivity index (χ0n) is 14.0. The molecule has 0 fully saturated rings. The van der Waals surface area contributed by atoms with Crippen LogP contribution in [0.15, 0.2) is 54.0 Å². The standard InChI is InChI=1S/C17H25N5O.HI/c1-2-19-17(21-11-13-22-12-10-18-15-22)20-9-6-14-23-16-7-4-3-5-8-16;/h3-5,7-8,10,12,15H,2,6,9,11,13-14H2,1H3,(H2,19,20,21);1H. The Morgan fingerprint density at radius 1 is 1.25 bits per heavy atom. The molecule has 2 aromatic rings. The van der Waals surface area contributed by atoms with E-state index in [-0.39, 0.29) is 24.0 Å². The lowest BCUT2D eigenvalue weighted by molar-refractivity contribution is 0.313. The number of ether oxygens (including phenoxy) is 1. The number of guanidine groups is 1. The van der Waals surface area contributed by atoms with Crippen molar-refractivity contribution < 1.29 is 4.74 Å². The van der Waals surface area contributed by atoms with Crippen LogP contribution in [0.2, 0.25) is 0 Å². The van der Waals surface area contributed by atoms with Gasteiger partial charge in [0.2, 0.25) is 0 Å². The van der Waals surface area contributed by atoms with Gasteiger partial charge in [-0.15, -0.1) is 24.0 Å². The van der Waals surface area contributed by atoms with E-state index in [2.05, 4.69) is 27.5 Å². The van der Waals surface area contributed by atoms with Crippen molar-refractivity contribution in [1.82, 2.24) is 20.2 Å². The lowest BCUT2D eigenvalue weighted by Gasteiger charge is -2.11. The number of aliphatic imine (C=N–C) groups is 1. The lowest BCUT2D eigenvalue weighted by atomic mass is 10.3. The molecule has 0 aliphatic rings. The van der Waals surface area contributed by atoms with E-state index in [1.165, 1.54) is 0 Å². The third-order valence-electron chi connectivity index (χ3n) is 3.15. The molecule has 0 spiro atoms. The van der Waals surface area contributed by atoms with E-state index in [0.717, 1.165) is 44.3 Å². The first-order valence-corrected chi connectivity index (χ1v) is 8.04. The molecule has 1 aromatic carbocycles. The molecule has 0 aliphatic heterocycles. The third kappa shape index (κ3) is 8.19. The van der Waals surface area contributed by atoms with E-state index < -0.39 is 0 Å². The number of benzene rings is 1. The van der Waals surface area contributed by atoms with Crippen LogP contribution in [0.1, 0.15) is 13.3 Å². The Morgan fingerprint density at radius 2 is 2.08 bits per heavy atom. The fourth-order valence-corrected chi connectivity index (χ4v) is 2.03. The first-order valence-electron chi connectivity index (χ1n) is 8.04. The van der Waals surface area contributed by atoms with Gasteiger partial charge in [-0.1, -0.05) is 18.2 Å². The Hall–Kier alpha value is -1.77. The first kappa shape index (κ1) is 20.3. The smallest absolute Gasteiger partial charge is 0.191 e. The summed E-state index contributed by atoms with van der Waals surface area (Å²) in [6.45, 7) is 5.97. The van der Waals surface area contributed by atoms with Crippen LogP contribution in [-0.2, 0) is 6.54 Å². The maximum Gasteiger partial charge on any atom is 0.191 e. The van der Waals surface area contributed by atoms with E-state index in [1.807, 2.05) is 47.4 Å². The fraction of sp³-hybridized carbons (Fsp3) is 0.412. The second-order valence-corrected chi connectivity index (χ2v) is 5.00. The molecular weight excluding hydrogens is 417 g/mol. The van der Waals surface area contributed by atoms with Crippen LogP contribution < -0.4 is 15.4 Å². The van der Waals surface area contributed by atoms with Gasteiger partial charge in [0.1, 0.15) is 5.75 Å². The maximum absolute atomic E-state index is 5.66. The van der Waals surface area contributed by atoms with Gasteiger partial charge in [0.15, 0.2) is 5.96 Å². The number of rotatable bonds is 9. The Labute approximate surface area is 160 Å². The summed E-state index contributed by atoms with van der Waals surface area (Å²) < 4.78 is 7.69. The second-order valence-electron chi connectivity index (χ2n) is 5.00. The minimum atomic E-state index is 0. The quantitative estimate of drug-likeness (QED) is 0.271. The average molecular weight is 443 g/mol. The maximum atomic E-state index is 5.66. The van der Waals surface area contributed by atoms with E-state index in [4.69, 9.17) is 4.74 Å². The topological polar surface area (TPSA) is 63.5 Å². The molecule has 0 aliphatic carbocycles. The highest BCUT2D eigenvalue weighted by atomic mass is 127. The molecule has 0 saturated heterocycles. The van der Waals surface area contributed by atoms with E-state index in [0.29, 0.717) is 6.61 Å². The minimum Gasteiger partial charge on any atom is -0.494 e. The Kier molecular flexibility index (Phi) is 10.7. The van der Waals surface area contributed by atoms with Gasteiger partial charge in [0, 0.05) is 45.0 Å². The van der Waals surface area contributed by atoms with Crippen molar-refractivity contribution in [2.45, 2.75) is 19.9 Å². The van der Waals surface area contributed by atoms with Crippen molar-refractivity contribution in [3.05, 3.63) is 49.1 Å². The summed E-state index contributed by atoms with van der Waals surface area (Å²) in [7, 11) is 0. The predicted octanol–water partition coefficient (Wildman–Crippen LogP) is 2.53. The van der Waals surface area contributed by atoms with Crippen molar-refractivity contribution in [2.24, 2.45) is 4.99 Å². The highest BCUT2D eigenvalue weighted by Gasteiger charge is 1.97. The third-order valence-corrected chi connectivity index (χ3v) is 3.15. The van der Waals surface area contributed by atoms with Crippen LogP contribution in [0.25, 0.3) is 0 Å². The molecule has 132 valence electrons. The van der Waals surface area contributed by atoms with E-state index in [9.17, 15) is 0 Å². The molecule has 1 heterocycles. The number of imidazole rings is 1. The number of aromatic nitrogens is 2. The summed E-state index contributed by atoms with van der Waals surface area (Å²) in [4.78, 5) is 8.58. The van der Waals surface area contributed by atoms with Crippen LogP contribution in [0, 0.1) is 0 Å². The molecule has 24 heavy (non-hydrogen) atoms. The van der Waals surface area contributed by atoms with Gasteiger partial charge in [0.05, 0.1) is 12.9 Å². The monoisotopic (exact) mass is 443 g/mol. The van der Waals surface area contributed by atoms with Gasteiger partial charge in [-0.3, -0.25) is 4.99 Å². The van der Waals surface area contributed by atoms with Crippen LogP contribution in [0.5, 0.6) is 5.75 Å². The highest BCUT2D eigenvalue weighted by molar-refractivity contribution is 14.0. The van der Waals surface area contributed by atoms with Crippen LogP contribution in [0.3, 0.4) is 0 Å². The number of nitrogens with one attached hydrogen (secondary N) is 2. The molecule has 0 radical (unpaired) electrons. The molecule has 0 bridgehead atoms. The molecule has 0 saturated carbocycles. The largest absolute Gasteiger partial charge is 0.494 e. The zero-order chi connectivity index (χ0) is 16.2. The highest BCUT2D eigenvalue weighted by Crippen LogP contribution is 2.08. The van der Waals surface area contributed by atoms with Crippen LogP contribution in [0.4, 0.5) is 0 Å². The number of hydrogen-bond acceptors (Lipinski definition) is 3. The summed E-state index contributed by atoms with van der Waals surface area (Å²) in [5, 5.41) is 6.56. The number of halogens is 1. The van der Waals surface area contributed by atoms with Crippen LogP contribution in [-0.4, -0.2) is 41.8 Å². The normalized spacial score (nSPS) is 10.8. The fourth-order valence-electron chi connectivity index (χ4n) is 2.03. The molecule has 1 aromatic heterocycles. The first-order chi connectivity index (χ1) is 11.4. The molecule has 0 atom stereocenters. The molecule has 0 unspecified atom stereocenters. The van der Waals surface area contributed by atoms with Crippen molar-refractivity contribution in [3.8, 4) is 5.75 Å². The summed E-state index contributed by atoms with van der Waals surface area (Å²) in [5.41, 5.74) is 0. The van der Waals surface area contributed by atoms with Gasteiger partial charge < -0.3 is 19.9 Å². The molecule has 6 nitrogen and oxygen atoms in total. The minimum absolute atomic E-state index is 0. The van der Waals surface area contributed by atoms with Crippen molar-refractivity contribution >= 4 is 29.9 Å². The van der Waals surface area contributed by atoms with Crippen molar-refractivity contribution in [1.29, 1.82) is 0 Å². The van der Waals surface area contributed by atoms with Gasteiger partial charge >= 0.3 is 0 Å². The Morgan fingerprint density at radius 3 is 2.79 bits per heavy atom. The average Bonchev–Trinajstić information content (AvgIpc) is 3.09. The predicted molar refractivity (Wildman–Crippen MR) is 108 cm³/mol. The molecular formula is C17H26IN5O. The van der Waals surface area contributed by atoms with E-state index >= 15 is 0 Å². The second kappa shape index (κ2) is 12.6. The van der Waals surface area contributed by atoms with Gasteiger partial charge in [-0.25, -0.2) is 4.98 Å². The van der Waals surface area contributed by atoms with Gasteiger partial charge in [-0.2, -0.15) is 0 Å². The Balaban J connectivity index is 0.00000288. The molecule has 2 N–H and O–H groups in total. The molecule has 7 heteroatoms. The number of nitrogens with zero attached hydrogens (tertiary/aromatic N) is 3. The van der Waals surface area contributed by atoms with Crippen molar-refractivity contribution in [2.75, 3.05) is 26.2 Å². The number of hydrogen-bond donors (Lipinski definition) is 2. The summed E-state index contributed by atoms with van der Waals surface area (Å²) >= 11 is 0. The Bertz CT molecular complexity index is 560. The summed E-state index contributed by atoms with van der Waals surface area (Å²) in [6.07, 6.45) is 6.43. The van der Waals surface area contributed by atoms with Gasteiger partial charge in [-0.05, 0) is 19.1 Å². The molecule has 2 rings (SSSR count). The summed E-state index contributed by atoms with van der Waals surface area (Å²) in [5.74, 6) is 1.74. The van der Waals surface area contributed by atoms with Crippen LogP contribution >= 0.6 is 24.0 Å². The SMILES string of the molecule is CCNC(=NCCCOc1ccccc1)NCCn1ccnc1.I. The number of para-hydroxylation sites is 1. The lowest BCUT2D eigenvalue weighted by Crippen LogP contribution is -2.38. The van der Waals surface area contributed by atoms with Crippen molar-refractivity contribution in [3.63, 3.8) is 0 Å². The van der Waals surface area contributed by atoms with Gasteiger partial charge in [0.25, 0.3) is 0 Å². The zero-order valence-corrected chi connectivity index (χ0v) is 16.3.